The molecule has 1 heterocycles. The van der Waals surface area contributed by atoms with Gasteiger partial charge in [0.2, 0.25) is 5.88 Å². The Bertz CT molecular complexity index is 345. The summed E-state index contributed by atoms with van der Waals surface area (Å²) >= 11 is 3.33. The van der Waals surface area contributed by atoms with Crippen LogP contribution in [0.5, 0.6) is 5.88 Å². The molecule has 0 fully saturated rings. The van der Waals surface area contributed by atoms with Crippen LogP contribution in [0, 0.1) is 5.92 Å². The average Bonchev–Trinajstić information content (AvgIpc) is 2.27. The fraction of sp³-hybridized carbons (Fsp3) is 0.667. The van der Waals surface area contributed by atoms with Crippen LogP contribution in [0.4, 0.5) is 0 Å². The van der Waals surface area contributed by atoms with Crippen LogP contribution in [0.2, 0.25) is 0 Å². The van der Waals surface area contributed by atoms with Crippen molar-refractivity contribution in [2.75, 3.05) is 19.8 Å². The third-order valence-electron chi connectivity index (χ3n) is 1.96. The second kappa shape index (κ2) is 7.61. The quantitative estimate of drug-likeness (QED) is 0.574. The molecule has 0 radical (unpaired) electrons. The van der Waals surface area contributed by atoms with Gasteiger partial charge in [-0.3, -0.25) is 0 Å². The minimum atomic E-state index is 0.513. The number of aryl methyl sites for hydroxylation is 1. The second-order valence-corrected chi connectivity index (χ2v) is 4.93. The van der Waals surface area contributed by atoms with Crippen molar-refractivity contribution >= 4 is 15.9 Å². The number of rotatable bonds is 7. The molecule has 0 amide bonds. The fourth-order valence-corrected chi connectivity index (χ4v) is 1.60. The first-order valence-electron chi connectivity index (χ1n) is 5.85. The van der Waals surface area contributed by atoms with Gasteiger partial charge in [0.1, 0.15) is 17.0 Å². The molecule has 96 valence electrons. The third kappa shape index (κ3) is 5.98. The Morgan fingerprint density at radius 2 is 2.06 bits per heavy atom. The van der Waals surface area contributed by atoms with E-state index in [1.165, 1.54) is 0 Å². The van der Waals surface area contributed by atoms with E-state index < -0.39 is 0 Å². The van der Waals surface area contributed by atoms with Crippen LogP contribution >= 0.6 is 15.9 Å². The molecule has 0 unspecified atom stereocenters. The number of halogens is 1. The first-order valence-corrected chi connectivity index (χ1v) is 6.65. The molecule has 0 N–H and O–H groups in total. The summed E-state index contributed by atoms with van der Waals surface area (Å²) in [6.07, 6.45) is 0.791. The Hall–Kier alpha value is -0.680. The Labute approximate surface area is 111 Å². The van der Waals surface area contributed by atoms with Gasteiger partial charge in [-0.25, -0.2) is 4.98 Å². The van der Waals surface area contributed by atoms with Crippen LogP contribution in [0.3, 0.4) is 0 Å². The molecule has 0 aliphatic rings. The SMILES string of the molecule is CCc1nc(Br)cc(OCCOCC(C)C)n1. The highest BCUT2D eigenvalue weighted by atomic mass is 79.9. The predicted molar refractivity (Wildman–Crippen MR) is 70.3 cm³/mol. The van der Waals surface area contributed by atoms with Gasteiger partial charge >= 0.3 is 0 Å². The molecule has 4 nitrogen and oxygen atoms in total. The molecule has 0 aromatic carbocycles. The molecule has 0 atom stereocenters. The van der Waals surface area contributed by atoms with Crippen LogP contribution in [0.1, 0.15) is 26.6 Å². The lowest BCUT2D eigenvalue weighted by atomic mass is 10.2. The van der Waals surface area contributed by atoms with E-state index in [0.717, 1.165) is 23.5 Å². The molecule has 0 saturated heterocycles. The van der Waals surface area contributed by atoms with Crippen molar-refractivity contribution in [1.29, 1.82) is 0 Å². The third-order valence-corrected chi connectivity index (χ3v) is 2.37. The monoisotopic (exact) mass is 302 g/mol. The number of hydrogen-bond donors (Lipinski definition) is 0. The predicted octanol–water partition coefficient (Wildman–Crippen LogP) is 2.85. The van der Waals surface area contributed by atoms with Crippen molar-refractivity contribution in [2.45, 2.75) is 27.2 Å². The summed E-state index contributed by atoms with van der Waals surface area (Å²) < 4.78 is 11.7. The summed E-state index contributed by atoms with van der Waals surface area (Å²) in [7, 11) is 0. The molecule has 0 spiro atoms. The average molecular weight is 303 g/mol. The molecule has 1 rings (SSSR count). The normalized spacial score (nSPS) is 10.9. The van der Waals surface area contributed by atoms with Crippen molar-refractivity contribution in [2.24, 2.45) is 5.92 Å². The summed E-state index contributed by atoms with van der Waals surface area (Å²) in [6, 6.07) is 1.77. The molecular formula is C12H19BrN2O2. The van der Waals surface area contributed by atoms with Gasteiger partial charge in [0.05, 0.1) is 6.61 Å². The number of aromatic nitrogens is 2. The number of nitrogens with zero attached hydrogens (tertiary/aromatic N) is 2. The van der Waals surface area contributed by atoms with E-state index in [2.05, 4.69) is 39.7 Å². The first kappa shape index (κ1) is 14.4. The highest BCUT2D eigenvalue weighted by molar-refractivity contribution is 9.10. The lowest BCUT2D eigenvalue weighted by molar-refractivity contribution is 0.0805. The summed E-state index contributed by atoms with van der Waals surface area (Å²) in [5.41, 5.74) is 0. The van der Waals surface area contributed by atoms with Crippen LogP contribution < -0.4 is 4.74 Å². The van der Waals surface area contributed by atoms with Gasteiger partial charge in [0.15, 0.2) is 0 Å². The lowest BCUT2D eigenvalue weighted by Gasteiger charge is -2.08. The zero-order chi connectivity index (χ0) is 12.7. The summed E-state index contributed by atoms with van der Waals surface area (Å²) in [6.45, 7) is 8.11. The summed E-state index contributed by atoms with van der Waals surface area (Å²) in [5.74, 6) is 1.92. The Kier molecular flexibility index (Phi) is 6.44. The maximum absolute atomic E-state index is 5.51. The van der Waals surface area contributed by atoms with Crippen LogP contribution in [-0.4, -0.2) is 29.8 Å². The van der Waals surface area contributed by atoms with E-state index in [1.807, 2.05) is 6.92 Å². The van der Waals surface area contributed by atoms with E-state index in [4.69, 9.17) is 9.47 Å². The molecule has 0 aliphatic carbocycles. The Morgan fingerprint density at radius 3 is 2.71 bits per heavy atom. The van der Waals surface area contributed by atoms with Crippen molar-refractivity contribution in [3.05, 3.63) is 16.5 Å². The maximum atomic E-state index is 5.51. The van der Waals surface area contributed by atoms with Crippen molar-refractivity contribution in [1.82, 2.24) is 9.97 Å². The van der Waals surface area contributed by atoms with Gasteiger partial charge in [-0.15, -0.1) is 0 Å². The molecule has 0 aliphatic heterocycles. The van der Waals surface area contributed by atoms with Gasteiger partial charge in [0.25, 0.3) is 0 Å². The fourth-order valence-electron chi connectivity index (χ4n) is 1.20. The molecule has 17 heavy (non-hydrogen) atoms. The Balaban J connectivity index is 2.33. The molecule has 0 bridgehead atoms. The Morgan fingerprint density at radius 1 is 1.29 bits per heavy atom. The number of ether oxygens (including phenoxy) is 2. The lowest BCUT2D eigenvalue weighted by Crippen LogP contribution is -2.11. The van der Waals surface area contributed by atoms with Gasteiger partial charge in [-0.05, 0) is 21.8 Å². The minimum absolute atomic E-state index is 0.513. The maximum Gasteiger partial charge on any atom is 0.217 e. The van der Waals surface area contributed by atoms with Gasteiger partial charge < -0.3 is 9.47 Å². The van der Waals surface area contributed by atoms with Crippen molar-refractivity contribution in [3.8, 4) is 5.88 Å². The van der Waals surface area contributed by atoms with E-state index in [9.17, 15) is 0 Å². The largest absolute Gasteiger partial charge is 0.475 e. The summed E-state index contributed by atoms with van der Waals surface area (Å²) in [5, 5.41) is 0. The van der Waals surface area contributed by atoms with Crippen molar-refractivity contribution < 1.29 is 9.47 Å². The smallest absolute Gasteiger partial charge is 0.217 e. The highest BCUT2D eigenvalue weighted by Gasteiger charge is 2.02. The molecule has 0 saturated carbocycles. The van der Waals surface area contributed by atoms with E-state index in [1.54, 1.807) is 6.07 Å². The van der Waals surface area contributed by atoms with Gasteiger partial charge in [-0.1, -0.05) is 20.8 Å². The highest BCUT2D eigenvalue weighted by Crippen LogP contribution is 2.14. The first-order chi connectivity index (χ1) is 8.11. The molecule has 1 aromatic heterocycles. The zero-order valence-electron chi connectivity index (χ0n) is 10.6. The van der Waals surface area contributed by atoms with Crippen LogP contribution in [0.15, 0.2) is 10.7 Å². The van der Waals surface area contributed by atoms with E-state index in [0.29, 0.717) is 25.0 Å². The molecule has 5 heteroatoms. The van der Waals surface area contributed by atoms with E-state index >= 15 is 0 Å². The minimum Gasteiger partial charge on any atom is -0.475 e. The molecule has 1 aromatic rings. The zero-order valence-corrected chi connectivity index (χ0v) is 12.2. The second-order valence-electron chi connectivity index (χ2n) is 4.12. The van der Waals surface area contributed by atoms with Crippen molar-refractivity contribution in [3.63, 3.8) is 0 Å². The van der Waals surface area contributed by atoms with E-state index in [-0.39, 0.29) is 0 Å². The standard InChI is InChI=1S/C12H19BrN2O2/c1-4-11-14-10(13)7-12(15-11)17-6-5-16-8-9(2)3/h7,9H,4-6,8H2,1-3H3. The number of hydrogen-bond acceptors (Lipinski definition) is 4. The topological polar surface area (TPSA) is 44.2 Å². The van der Waals surface area contributed by atoms with Gasteiger partial charge in [-0.2, -0.15) is 4.98 Å². The summed E-state index contributed by atoms with van der Waals surface area (Å²) in [4.78, 5) is 8.48. The van der Waals surface area contributed by atoms with Crippen LogP contribution in [-0.2, 0) is 11.2 Å². The van der Waals surface area contributed by atoms with Gasteiger partial charge in [0, 0.05) is 19.1 Å². The molecular weight excluding hydrogens is 284 g/mol. The van der Waals surface area contributed by atoms with Crippen LogP contribution in [0.25, 0.3) is 0 Å².